The molecule has 0 saturated carbocycles. The first kappa shape index (κ1) is 24.1. The minimum Gasteiger partial charge on any atom is -0.507 e. The van der Waals surface area contributed by atoms with Gasteiger partial charge in [-0.15, -0.1) is 0 Å². The number of rotatable bonds is 5. The van der Waals surface area contributed by atoms with Crippen molar-refractivity contribution in [2.75, 3.05) is 0 Å². The van der Waals surface area contributed by atoms with E-state index in [-0.39, 0.29) is 28.0 Å². The predicted molar refractivity (Wildman–Crippen MR) is 139 cm³/mol. The Kier molecular flexibility index (Phi) is 7.15. The predicted octanol–water partition coefficient (Wildman–Crippen LogP) is 8.18. The third kappa shape index (κ3) is 5.06. The lowest BCUT2D eigenvalue weighted by Gasteiger charge is -2.07. The summed E-state index contributed by atoms with van der Waals surface area (Å²) in [4.78, 5) is 26.4. The summed E-state index contributed by atoms with van der Waals surface area (Å²) in [5.74, 6) is -0.918. The highest BCUT2D eigenvalue weighted by Gasteiger charge is 2.20. The molecular formula is C26H14Cl4O4. The van der Waals surface area contributed by atoms with Gasteiger partial charge in [-0.3, -0.25) is 9.59 Å². The van der Waals surface area contributed by atoms with E-state index in [1.165, 1.54) is 36.4 Å². The molecule has 4 nitrogen and oxygen atoms in total. The molecule has 0 aliphatic rings. The number of ketones is 1. The molecule has 0 atom stereocenters. The number of hydrogen-bond acceptors (Lipinski definition) is 4. The second kappa shape index (κ2) is 10.1. The van der Waals surface area contributed by atoms with Gasteiger partial charge in [0.05, 0.1) is 0 Å². The maximum atomic E-state index is 13.3. The monoisotopic (exact) mass is 530 g/mol. The van der Waals surface area contributed by atoms with Crippen molar-refractivity contribution < 1.29 is 14.3 Å². The van der Waals surface area contributed by atoms with Crippen molar-refractivity contribution in [1.29, 1.82) is 0 Å². The Bertz CT molecular complexity index is 1550. The standard InChI is InChI=1S/C26H14Cl4O4/c27-16-8-4-14(18(29)12-16)6-10-21(32)25-23(11-7-15-5-9-17(28)13-19(15)30)34-22-3-1-2-20(31)24(22)26(25)33/h1-13,31H/b10-6+,11-7+. The number of aromatic hydroxyl groups is 1. The maximum absolute atomic E-state index is 13.3. The highest BCUT2D eigenvalue weighted by atomic mass is 35.5. The summed E-state index contributed by atoms with van der Waals surface area (Å²) in [6.07, 6.45) is 5.75. The van der Waals surface area contributed by atoms with Gasteiger partial charge in [0.2, 0.25) is 5.43 Å². The number of allylic oxidation sites excluding steroid dienone is 1. The van der Waals surface area contributed by atoms with Crippen molar-refractivity contribution in [3.63, 3.8) is 0 Å². The van der Waals surface area contributed by atoms with Crippen LogP contribution in [-0.4, -0.2) is 10.9 Å². The number of phenolic OH excluding ortho intramolecular Hbond substituents is 1. The molecule has 0 amide bonds. The van der Waals surface area contributed by atoms with Crippen LogP contribution < -0.4 is 5.43 Å². The molecule has 34 heavy (non-hydrogen) atoms. The number of benzene rings is 3. The van der Waals surface area contributed by atoms with Gasteiger partial charge in [0.15, 0.2) is 5.78 Å². The van der Waals surface area contributed by atoms with Gasteiger partial charge in [0.25, 0.3) is 0 Å². The second-order valence-corrected chi connectivity index (χ2v) is 8.87. The van der Waals surface area contributed by atoms with Gasteiger partial charge >= 0.3 is 0 Å². The number of carbonyl (C=O) groups is 1. The van der Waals surface area contributed by atoms with Crippen molar-refractivity contribution in [3.05, 3.63) is 113 Å². The van der Waals surface area contributed by atoms with Crippen molar-refractivity contribution >= 4 is 81.4 Å². The lowest BCUT2D eigenvalue weighted by Crippen LogP contribution is -2.16. The number of hydrogen-bond donors (Lipinski definition) is 1. The first-order chi connectivity index (χ1) is 16.2. The Morgan fingerprint density at radius 2 is 1.44 bits per heavy atom. The van der Waals surface area contributed by atoms with Crippen LogP contribution in [0.15, 0.2) is 69.9 Å². The summed E-state index contributed by atoms with van der Waals surface area (Å²) in [5, 5.41) is 11.8. The molecule has 1 N–H and O–H groups in total. The molecule has 1 heterocycles. The van der Waals surface area contributed by atoms with Crippen LogP contribution in [0.5, 0.6) is 5.75 Å². The molecule has 0 unspecified atom stereocenters. The number of fused-ring (bicyclic) bond motifs is 1. The summed E-state index contributed by atoms with van der Waals surface area (Å²) < 4.78 is 5.84. The molecule has 0 aliphatic carbocycles. The third-order valence-electron chi connectivity index (χ3n) is 4.92. The van der Waals surface area contributed by atoms with Gasteiger partial charge in [-0.05, 0) is 71.8 Å². The lowest BCUT2D eigenvalue weighted by molar-refractivity contribution is 0.104. The molecule has 8 heteroatoms. The lowest BCUT2D eigenvalue weighted by atomic mass is 10.0. The number of carbonyl (C=O) groups excluding carboxylic acids is 1. The molecule has 0 saturated heterocycles. The molecule has 0 radical (unpaired) electrons. The molecule has 170 valence electrons. The average Bonchev–Trinajstić information content (AvgIpc) is 2.77. The SMILES string of the molecule is O=C(/C=C/c1ccc(Cl)cc1Cl)c1c(/C=C/c2ccc(Cl)cc2Cl)oc2cccc(O)c2c1=O. The summed E-state index contributed by atoms with van der Waals surface area (Å²) in [5.41, 5.74) is 0.354. The summed E-state index contributed by atoms with van der Waals surface area (Å²) in [7, 11) is 0. The van der Waals surface area contributed by atoms with E-state index in [0.717, 1.165) is 0 Å². The fraction of sp³-hybridized carbons (Fsp3) is 0. The second-order valence-electron chi connectivity index (χ2n) is 7.18. The molecule has 0 aliphatic heterocycles. The first-order valence-electron chi connectivity index (χ1n) is 9.84. The van der Waals surface area contributed by atoms with E-state index in [4.69, 9.17) is 50.8 Å². The van der Waals surface area contributed by atoms with Crippen LogP contribution in [0.4, 0.5) is 0 Å². The molecule has 0 spiro atoms. The number of phenols is 1. The summed E-state index contributed by atoms with van der Waals surface area (Å²) >= 11 is 24.3. The van der Waals surface area contributed by atoms with Crippen LogP contribution >= 0.6 is 46.4 Å². The normalized spacial score (nSPS) is 11.6. The Morgan fingerprint density at radius 3 is 2.06 bits per heavy atom. The fourth-order valence-electron chi connectivity index (χ4n) is 3.28. The van der Waals surface area contributed by atoms with E-state index in [9.17, 15) is 14.7 Å². The van der Waals surface area contributed by atoms with Crippen LogP contribution in [0.2, 0.25) is 20.1 Å². The zero-order valence-electron chi connectivity index (χ0n) is 17.2. The zero-order valence-corrected chi connectivity index (χ0v) is 20.2. The minimum absolute atomic E-state index is 0.00553. The Morgan fingerprint density at radius 1 is 0.824 bits per heavy atom. The quantitative estimate of drug-likeness (QED) is 0.208. The molecule has 1 aromatic heterocycles. The van der Waals surface area contributed by atoms with Gasteiger partial charge in [0.1, 0.15) is 28.0 Å². The van der Waals surface area contributed by atoms with Crippen LogP contribution in [0.3, 0.4) is 0 Å². The van der Waals surface area contributed by atoms with Crippen LogP contribution in [-0.2, 0) is 0 Å². The molecule has 0 fully saturated rings. The van der Waals surface area contributed by atoms with E-state index in [2.05, 4.69) is 0 Å². The van der Waals surface area contributed by atoms with Gasteiger partial charge < -0.3 is 9.52 Å². The van der Waals surface area contributed by atoms with Crippen molar-refractivity contribution in [3.8, 4) is 5.75 Å². The van der Waals surface area contributed by atoms with E-state index in [1.54, 1.807) is 42.5 Å². The Hall–Kier alpha value is -3.02. The molecular weight excluding hydrogens is 518 g/mol. The Balaban J connectivity index is 1.84. The molecule has 3 aromatic carbocycles. The largest absolute Gasteiger partial charge is 0.507 e. The van der Waals surface area contributed by atoms with Crippen molar-refractivity contribution in [2.45, 2.75) is 0 Å². The smallest absolute Gasteiger partial charge is 0.208 e. The maximum Gasteiger partial charge on any atom is 0.208 e. The minimum atomic E-state index is -0.668. The zero-order chi connectivity index (χ0) is 24.4. The first-order valence-corrected chi connectivity index (χ1v) is 11.3. The Labute approximate surface area is 214 Å². The topological polar surface area (TPSA) is 67.5 Å². The van der Waals surface area contributed by atoms with Crippen molar-refractivity contribution in [2.24, 2.45) is 0 Å². The van der Waals surface area contributed by atoms with E-state index in [0.29, 0.717) is 31.2 Å². The van der Waals surface area contributed by atoms with Gasteiger partial charge in [0, 0.05) is 20.1 Å². The van der Waals surface area contributed by atoms with Crippen LogP contribution in [0, 0.1) is 0 Å². The third-order valence-corrected chi connectivity index (χ3v) is 6.05. The van der Waals surface area contributed by atoms with E-state index >= 15 is 0 Å². The van der Waals surface area contributed by atoms with Crippen LogP contribution in [0.25, 0.3) is 29.2 Å². The van der Waals surface area contributed by atoms with Gasteiger partial charge in [-0.1, -0.05) is 64.6 Å². The summed E-state index contributed by atoms with van der Waals surface area (Å²) in [6, 6.07) is 14.1. The average molecular weight is 532 g/mol. The van der Waals surface area contributed by atoms with Gasteiger partial charge in [-0.2, -0.15) is 0 Å². The molecule has 4 aromatic rings. The number of halogens is 4. The highest BCUT2D eigenvalue weighted by molar-refractivity contribution is 6.36. The molecule has 0 bridgehead atoms. The summed E-state index contributed by atoms with van der Waals surface area (Å²) in [6.45, 7) is 0. The van der Waals surface area contributed by atoms with Crippen molar-refractivity contribution in [1.82, 2.24) is 0 Å². The van der Waals surface area contributed by atoms with Gasteiger partial charge in [-0.25, -0.2) is 0 Å². The highest BCUT2D eigenvalue weighted by Crippen LogP contribution is 2.27. The molecule has 4 rings (SSSR count). The van der Waals surface area contributed by atoms with E-state index in [1.807, 2.05) is 0 Å². The van der Waals surface area contributed by atoms with E-state index < -0.39 is 11.2 Å². The van der Waals surface area contributed by atoms with Crippen LogP contribution in [0.1, 0.15) is 27.2 Å². The fourth-order valence-corrected chi connectivity index (χ4v) is 4.22.